The number of pyridine rings is 2. The highest BCUT2D eigenvalue weighted by Gasteiger charge is 2.18. The van der Waals surface area contributed by atoms with E-state index in [1.807, 2.05) is 34.9 Å². The van der Waals surface area contributed by atoms with E-state index in [1.54, 1.807) is 6.07 Å². The normalized spacial score (nSPS) is 11.8. The van der Waals surface area contributed by atoms with Crippen LogP contribution >= 0.6 is 0 Å². The van der Waals surface area contributed by atoms with Gasteiger partial charge < -0.3 is 9.47 Å². The number of rotatable bonds is 5. The van der Waals surface area contributed by atoms with E-state index < -0.39 is 11.2 Å². The average molecular weight is 363 g/mol. The molecule has 2 aromatic rings. The molecule has 0 saturated carbocycles. The lowest BCUT2D eigenvalue weighted by Crippen LogP contribution is -2.31. The highest BCUT2D eigenvalue weighted by Crippen LogP contribution is 2.25. The van der Waals surface area contributed by atoms with E-state index in [9.17, 15) is 9.59 Å². The summed E-state index contributed by atoms with van der Waals surface area (Å²) in [6, 6.07) is 11.6. The first-order chi connectivity index (χ1) is 13.1. The molecule has 0 fully saturated rings. The summed E-state index contributed by atoms with van der Waals surface area (Å²) in [7, 11) is 0. The van der Waals surface area contributed by atoms with Crippen molar-refractivity contribution in [2.45, 2.75) is 20.4 Å². The maximum atomic E-state index is 12.4. The molecule has 0 radical (unpaired) electrons. The molecule has 0 aliphatic carbocycles. The second-order valence-electron chi connectivity index (χ2n) is 6.53. The number of hydrogen-bond donors (Lipinski definition) is 1. The summed E-state index contributed by atoms with van der Waals surface area (Å²) in [5, 5.41) is 1.86. The lowest BCUT2D eigenvalue weighted by molar-refractivity contribution is 0.292. The van der Waals surface area contributed by atoms with Crippen molar-refractivity contribution < 1.29 is 0 Å². The van der Waals surface area contributed by atoms with Gasteiger partial charge in [0.25, 0.3) is 5.56 Å². The van der Waals surface area contributed by atoms with E-state index in [2.05, 4.69) is 28.7 Å². The summed E-state index contributed by atoms with van der Waals surface area (Å²) in [4.78, 5) is 37.7. The van der Waals surface area contributed by atoms with E-state index >= 15 is 0 Å². The van der Waals surface area contributed by atoms with Crippen LogP contribution in [0, 0.1) is 0 Å². The van der Waals surface area contributed by atoms with Crippen molar-refractivity contribution in [3.05, 3.63) is 57.2 Å². The zero-order valence-electron chi connectivity index (χ0n) is 15.4. The zero-order valence-corrected chi connectivity index (χ0v) is 15.4. The quantitative estimate of drug-likeness (QED) is 0.549. The smallest absolute Gasteiger partial charge is 0.308 e. The van der Waals surface area contributed by atoms with Gasteiger partial charge in [-0.1, -0.05) is 32.0 Å². The summed E-state index contributed by atoms with van der Waals surface area (Å²) in [6.45, 7) is 7.45. The highest BCUT2D eigenvalue weighted by atomic mass is 16.2. The molecule has 1 aromatic carbocycles. The average Bonchev–Trinajstić information content (AvgIpc) is 2.67. The van der Waals surface area contributed by atoms with Crippen LogP contribution in [0.2, 0.25) is 0 Å². The first-order valence-electron chi connectivity index (χ1n) is 9.16. The molecule has 2 aliphatic heterocycles. The number of aromatic amines is 1. The van der Waals surface area contributed by atoms with Crippen molar-refractivity contribution in [1.82, 2.24) is 24.4 Å². The van der Waals surface area contributed by atoms with Crippen molar-refractivity contribution >= 4 is 21.9 Å². The lowest BCUT2D eigenvalue weighted by Gasteiger charge is -2.22. The third-order valence-electron chi connectivity index (χ3n) is 4.99. The number of nitrogens with one attached hydrogen (secondary N) is 1. The highest BCUT2D eigenvalue weighted by molar-refractivity contribution is 5.93. The van der Waals surface area contributed by atoms with Gasteiger partial charge in [-0.2, -0.15) is 4.98 Å². The standard InChI is InChI=1S/C20H21N5O2/c1-3-24(4-2)9-10-25-17-14(11-13-7-5-6-8-16(13)21-17)12-15-18(25)22-20(27)23-19(15)26/h5-8,11-12H,3-4,9-10H2,1-2H3,(H,23,26,27). The summed E-state index contributed by atoms with van der Waals surface area (Å²) < 4.78 is 1.89. The molecule has 0 amide bonds. The lowest BCUT2D eigenvalue weighted by atomic mass is 10.1. The van der Waals surface area contributed by atoms with E-state index in [0.717, 1.165) is 41.6 Å². The number of fused-ring (bicyclic) bond motifs is 3. The number of hydrogen-bond acceptors (Lipinski definition) is 5. The van der Waals surface area contributed by atoms with Gasteiger partial charge in [-0.3, -0.25) is 9.78 Å². The van der Waals surface area contributed by atoms with Crippen molar-refractivity contribution in [2.24, 2.45) is 0 Å². The Balaban J connectivity index is 2.03. The molecule has 27 heavy (non-hydrogen) atoms. The van der Waals surface area contributed by atoms with Gasteiger partial charge in [0.2, 0.25) is 0 Å². The van der Waals surface area contributed by atoms with Gasteiger partial charge >= 0.3 is 5.69 Å². The van der Waals surface area contributed by atoms with Gasteiger partial charge in [0.1, 0.15) is 5.65 Å². The van der Waals surface area contributed by atoms with Crippen LogP contribution in [0.3, 0.4) is 0 Å². The predicted molar refractivity (Wildman–Crippen MR) is 106 cm³/mol. The van der Waals surface area contributed by atoms with Crippen LogP contribution in [0.4, 0.5) is 0 Å². The van der Waals surface area contributed by atoms with Crippen molar-refractivity contribution in [1.29, 1.82) is 0 Å². The van der Waals surface area contributed by atoms with Crippen LogP contribution in [0.5, 0.6) is 0 Å². The number of para-hydroxylation sites is 1. The van der Waals surface area contributed by atoms with Crippen LogP contribution in [-0.2, 0) is 6.54 Å². The molecular formula is C20H21N5O2. The molecule has 0 saturated heterocycles. The topological polar surface area (TPSA) is 83.9 Å². The van der Waals surface area contributed by atoms with E-state index in [0.29, 0.717) is 17.9 Å². The Kier molecular flexibility index (Phi) is 4.45. The van der Waals surface area contributed by atoms with Crippen LogP contribution in [-0.4, -0.2) is 44.1 Å². The van der Waals surface area contributed by atoms with Gasteiger partial charge in [0, 0.05) is 23.9 Å². The van der Waals surface area contributed by atoms with Crippen molar-refractivity contribution in [3.63, 3.8) is 0 Å². The fourth-order valence-electron chi connectivity index (χ4n) is 3.48. The van der Waals surface area contributed by atoms with Gasteiger partial charge in [-0.15, -0.1) is 0 Å². The molecule has 1 aromatic heterocycles. The number of likely N-dealkylation sites (N-methyl/N-ethyl adjacent to an activating group) is 1. The van der Waals surface area contributed by atoms with Crippen molar-refractivity contribution in [3.8, 4) is 11.4 Å². The predicted octanol–water partition coefficient (Wildman–Crippen LogP) is 2.08. The Hall–Kier alpha value is -3.06. The molecule has 1 N–H and O–H groups in total. The fraction of sp³-hybridized carbons (Fsp3) is 0.300. The van der Waals surface area contributed by atoms with Crippen molar-refractivity contribution in [2.75, 3.05) is 19.6 Å². The molecule has 7 nitrogen and oxygen atoms in total. The van der Waals surface area contributed by atoms with Crippen LogP contribution in [0.1, 0.15) is 13.8 Å². The van der Waals surface area contributed by atoms with Gasteiger partial charge in [0.15, 0.2) is 5.82 Å². The second kappa shape index (κ2) is 6.92. The van der Waals surface area contributed by atoms with Gasteiger partial charge in [-0.25, -0.2) is 9.78 Å². The first-order valence-corrected chi connectivity index (χ1v) is 9.16. The zero-order chi connectivity index (χ0) is 19.0. The van der Waals surface area contributed by atoms with Crippen LogP contribution < -0.4 is 11.2 Å². The number of nitrogens with zero attached hydrogens (tertiary/aromatic N) is 4. The Bertz CT molecular complexity index is 1210. The number of H-pyrrole nitrogens is 1. The SMILES string of the molecule is CCN(CC)CCn1c2nc(=O)[nH]c(=O)c-2cc2cc3ccccc3nc21. The van der Waals surface area contributed by atoms with E-state index in [-0.39, 0.29) is 0 Å². The first kappa shape index (κ1) is 17.4. The number of benzene rings is 1. The molecular weight excluding hydrogens is 342 g/mol. The summed E-state index contributed by atoms with van der Waals surface area (Å²) in [5.41, 5.74) is 0.943. The maximum absolute atomic E-state index is 12.4. The Morgan fingerprint density at radius 1 is 1.04 bits per heavy atom. The molecule has 0 bridgehead atoms. The molecule has 0 unspecified atom stereocenters. The molecule has 7 heteroatoms. The maximum Gasteiger partial charge on any atom is 0.349 e. The molecule has 0 atom stereocenters. The summed E-state index contributed by atoms with van der Waals surface area (Å²) in [5.74, 6) is 0.381. The summed E-state index contributed by atoms with van der Waals surface area (Å²) >= 11 is 0. The molecule has 138 valence electrons. The molecule has 4 rings (SSSR count). The minimum Gasteiger partial charge on any atom is -0.308 e. The second-order valence-corrected chi connectivity index (χ2v) is 6.53. The third kappa shape index (κ3) is 3.10. The van der Waals surface area contributed by atoms with Crippen LogP contribution in [0.25, 0.3) is 33.3 Å². The van der Waals surface area contributed by atoms with E-state index in [4.69, 9.17) is 4.98 Å². The fourth-order valence-corrected chi connectivity index (χ4v) is 3.48. The summed E-state index contributed by atoms with van der Waals surface area (Å²) in [6.07, 6.45) is 0. The van der Waals surface area contributed by atoms with Gasteiger partial charge in [-0.05, 0) is 31.3 Å². The Morgan fingerprint density at radius 3 is 2.59 bits per heavy atom. The molecule has 2 aliphatic rings. The minimum atomic E-state index is -0.635. The Labute approximate surface area is 155 Å². The largest absolute Gasteiger partial charge is 0.349 e. The third-order valence-corrected chi connectivity index (χ3v) is 4.99. The van der Waals surface area contributed by atoms with Gasteiger partial charge in [0.05, 0.1) is 11.1 Å². The number of aromatic nitrogens is 4. The Morgan fingerprint density at radius 2 is 1.81 bits per heavy atom. The van der Waals surface area contributed by atoms with Crippen LogP contribution in [0.15, 0.2) is 46.0 Å². The monoisotopic (exact) mass is 363 g/mol. The molecule has 3 heterocycles. The van der Waals surface area contributed by atoms with E-state index in [1.165, 1.54) is 0 Å². The molecule has 0 spiro atoms. The minimum absolute atomic E-state index is 0.381.